The standard InChI is InChI=1S/C14H10ClNOS/c15-10-5-6-14-11(8-10)12(16-17)7-9-3-1-2-4-13(9)18-14/h1-6,8,17H,7H2/b16-12-. The summed E-state index contributed by atoms with van der Waals surface area (Å²) in [7, 11) is 0. The molecule has 0 aromatic heterocycles. The third kappa shape index (κ3) is 2.00. The molecule has 18 heavy (non-hydrogen) atoms. The van der Waals surface area contributed by atoms with E-state index in [1.165, 1.54) is 10.5 Å². The molecule has 0 aliphatic carbocycles. The fraction of sp³-hybridized carbons (Fsp3) is 0.0714. The summed E-state index contributed by atoms with van der Waals surface area (Å²) in [6, 6.07) is 13.8. The maximum absolute atomic E-state index is 9.21. The first-order chi connectivity index (χ1) is 8.78. The summed E-state index contributed by atoms with van der Waals surface area (Å²) >= 11 is 7.70. The average Bonchev–Trinajstić information content (AvgIpc) is 2.54. The van der Waals surface area contributed by atoms with Crippen LogP contribution in [0, 0.1) is 0 Å². The highest BCUT2D eigenvalue weighted by Gasteiger charge is 2.19. The summed E-state index contributed by atoms with van der Waals surface area (Å²) in [5.74, 6) is 0. The number of nitrogens with zero attached hydrogens (tertiary/aromatic N) is 1. The van der Waals surface area contributed by atoms with Crippen molar-refractivity contribution in [1.82, 2.24) is 0 Å². The van der Waals surface area contributed by atoms with E-state index in [1.54, 1.807) is 11.8 Å². The van der Waals surface area contributed by atoms with Crippen molar-refractivity contribution in [1.29, 1.82) is 0 Å². The van der Waals surface area contributed by atoms with Crippen molar-refractivity contribution < 1.29 is 5.21 Å². The molecule has 3 rings (SSSR count). The molecule has 0 amide bonds. The monoisotopic (exact) mass is 275 g/mol. The van der Waals surface area contributed by atoms with Gasteiger partial charge in [0.2, 0.25) is 0 Å². The molecule has 0 atom stereocenters. The molecular weight excluding hydrogens is 266 g/mol. The molecule has 1 heterocycles. The van der Waals surface area contributed by atoms with Crippen LogP contribution in [0.2, 0.25) is 5.02 Å². The highest BCUT2D eigenvalue weighted by Crippen LogP contribution is 2.38. The van der Waals surface area contributed by atoms with Crippen LogP contribution < -0.4 is 0 Å². The fourth-order valence-corrected chi connectivity index (χ4v) is 3.30. The lowest BCUT2D eigenvalue weighted by atomic mass is 10.0. The maximum Gasteiger partial charge on any atom is 0.0923 e. The van der Waals surface area contributed by atoms with Crippen LogP contribution in [-0.4, -0.2) is 10.9 Å². The molecule has 2 nitrogen and oxygen atoms in total. The molecule has 0 saturated heterocycles. The van der Waals surface area contributed by atoms with E-state index in [0.29, 0.717) is 17.2 Å². The second-order valence-electron chi connectivity index (χ2n) is 4.07. The van der Waals surface area contributed by atoms with Gasteiger partial charge in [-0.25, -0.2) is 0 Å². The van der Waals surface area contributed by atoms with Crippen LogP contribution in [0.3, 0.4) is 0 Å². The van der Waals surface area contributed by atoms with Crippen molar-refractivity contribution >= 4 is 29.1 Å². The second kappa shape index (κ2) is 4.67. The minimum atomic E-state index is 0.618. The van der Waals surface area contributed by atoms with Crippen LogP contribution in [0.15, 0.2) is 57.4 Å². The smallest absolute Gasteiger partial charge is 0.0923 e. The molecule has 2 aromatic carbocycles. The number of benzene rings is 2. The normalized spacial score (nSPS) is 15.9. The Hall–Kier alpha value is -1.45. The lowest BCUT2D eigenvalue weighted by molar-refractivity contribution is 0.318. The van der Waals surface area contributed by atoms with Gasteiger partial charge in [-0.1, -0.05) is 46.7 Å². The first-order valence-corrected chi connectivity index (χ1v) is 6.74. The van der Waals surface area contributed by atoms with Crippen molar-refractivity contribution in [2.45, 2.75) is 16.2 Å². The number of rotatable bonds is 0. The molecular formula is C14H10ClNOS. The van der Waals surface area contributed by atoms with Gasteiger partial charge in [0.15, 0.2) is 0 Å². The highest BCUT2D eigenvalue weighted by atomic mass is 35.5. The van der Waals surface area contributed by atoms with E-state index in [2.05, 4.69) is 17.3 Å². The maximum atomic E-state index is 9.21. The number of hydrogen-bond donors (Lipinski definition) is 1. The van der Waals surface area contributed by atoms with Gasteiger partial charge >= 0.3 is 0 Å². The van der Waals surface area contributed by atoms with Crippen molar-refractivity contribution in [3.05, 3.63) is 58.6 Å². The number of oxime groups is 1. The molecule has 0 unspecified atom stereocenters. The van der Waals surface area contributed by atoms with E-state index in [1.807, 2.05) is 30.3 Å². The van der Waals surface area contributed by atoms with Crippen molar-refractivity contribution in [2.24, 2.45) is 5.16 Å². The van der Waals surface area contributed by atoms with E-state index in [-0.39, 0.29) is 0 Å². The van der Waals surface area contributed by atoms with Gasteiger partial charge in [-0.2, -0.15) is 0 Å². The van der Waals surface area contributed by atoms with Gasteiger partial charge in [0.25, 0.3) is 0 Å². The van der Waals surface area contributed by atoms with Crippen LogP contribution in [0.4, 0.5) is 0 Å². The Kier molecular flexibility index (Phi) is 3.02. The van der Waals surface area contributed by atoms with Gasteiger partial charge < -0.3 is 5.21 Å². The summed E-state index contributed by atoms with van der Waals surface area (Å²) in [5, 5.41) is 13.3. The van der Waals surface area contributed by atoms with Gasteiger partial charge in [0.05, 0.1) is 5.71 Å². The average molecular weight is 276 g/mol. The van der Waals surface area contributed by atoms with E-state index in [4.69, 9.17) is 11.6 Å². The third-order valence-corrected chi connectivity index (χ3v) is 4.35. The summed E-state index contributed by atoms with van der Waals surface area (Å²) in [6.07, 6.45) is 0.618. The van der Waals surface area contributed by atoms with E-state index in [0.717, 1.165) is 10.5 Å². The molecule has 1 N–H and O–H groups in total. The quantitative estimate of drug-likeness (QED) is 0.577. The first kappa shape index (κ1) is 11.6. The lowest BCUT2D eigenvalue weighted by Gasteiger charge is -2.05. The Balaban J connectivity index is 2.21. The molecule has 1 aliphatic rings. The summed E-state index contributed by atoms with van der Waals surface area (Å²) in [5.41, 5.74) is 2.73. The zero-order valence-electron chi connectivity index (χ0n) is 9.43. The van der Waals surface area contributed by atoms with Gasteiger partial charge in [0, 0.05) is 26.8 Å². The first-order valence-electron chi connectivity index (χ1n) is 5.54. The van der Waals surface area contributed by atoms with Gasteiger partial charge in [-0.15, -0.1) is 0 Å². The molecule has 0 spiro atoms. The molecule has 90 valence electrons. The SMILES string of the molecule is O/N=C1/Cc2ccccc2Sc2ccc(Cl)cc21. The number of halogens is 1. The Labute approximate surface area is 114 Å². The minimum Gasteiger partial charge on any atom is -0.411 e. The largest absolute Gasteiger partial charge is 0.411 e. The minimum absolute atomic E-state index is 0.618. The van der Waals surface area contributed by atoms with E-state index >= 15 is 0 Å². The zero-order valence-corrected chi connectivity index (χ0v) is 11.0. The topological polar surface area (TPSA) is 32.6 Å². The van der Waals surface area contributed by atoms with Gasteiger partial charge in [-0.05, 0) is 29.8 Å². The highest BCUT2D eigenvalue weighted by molar-refractivity contribution is 7.99. The predicted octanol–water partition coefficient (Wildman–Crippen LogP) is 4.23. The molecule has 0 radical (unpaired) electrons. The van der Waals surface area contributed by atoms with Crippen molar-refractivity contribution in [3.8, 4) is 0 Å². The van der Waals surface area contributed by atoms with Crippen LogP contribution in [-0.2, 0) is 6.42 Å². The molecule has 0 saturated carbocycles. The Morgan fingerprint density at radius 3 is 2.78 bits per heavy atom. The van der Waals surface area contributed by atoms with Crippen molar-refractivity contribution in [3.63, 3.8) is 0 Å². The molecule has 0 bridgehead atoms. The van der Waals surface area contributed by atoms with Crippen LogP contribution in [0.5, 0.6) is 0 Å². The molecule has 2 aromatic rings. The predicted molar refractivity (Wildman–Crippen MR) is 74.0 cm³/mol. The zero-order chi connectivity index (χ0) is 12.5. The van der Waals surface area contributed by atoms with Crippen LogP contribution in [0.25, 0.3) is 0 Å². The van der Waals surface area contributed by atoms with E-state index in [9.17, 15) is 5.21 Å². The second-order valence-corrected chi connectivity index (χ2v) is 5.59. The molecule has 1 aliphatic heterocycles. The lowest BCUT2D eigenvalue weighted by Crippen LogP contribution is -2.05. The summed E-state index contributed by atoms with van der Waals surface area (Å²) in [6.45, 7) is 0. The Morgan fingerprint density at radius 2 is 1.94 bits per heavy atom. The van der Waals surface area contributed by atoms with Crippen LogP contribution >= 0.6 is 23.4 Å². The third-order valence-electron chi connectivity index (χ3n) is 2.92. The molecule has 4 heteroatoms. The van der Waals surface area contributed by atoms with Gasteiger partial charge in [0.1, 0.15) is 0 Å². The van der Waals surface area contributed by atoms with E-state index < -0.39 is 0 Å². The molecule has 0 fully saturated rings. The number of hydrogen-bond acceptors (Lipinski definition) is 3. The van der Waals surface area contributed by atoms with Crippen LogP contribution in [0.1, 0.15) is 11.1 Å². The number of fused-ring (bicyclic) bond motifs is 2. The van der Waals surface area contributed by atoms with Gasteiger partial charge in [-0.3, -0.25) is 0 Å². The summed E-state index contributed by atoms with van der Waals surface area (Å²) in [4.78, 5) is 2.26. The Bertz CT molecular complexity index is 639. The fourth-order valence-electron chi connectivity index (χ4n) is 2.05. The van der Waals surface area contributed by atoms with Crippen molar-refractivity contribution in [2.75, 3.05) is 0 Å². The Morgan fingerprint density at radius 1 is 1.11 bits per heavy atom. The summed E-state index contributed by atoms with van der Waals surface area (Å²) < 4.78 is 0.